The number of nitrogens with zero attached hydrogens (tertiary/aromatic N) is 2. The molecular weight excluding hydrogens is 360 g/mol. The number of anilines is 1. The lowest BCUT2D eigenvalue weighted by Crippen LogP contribution is -2.27. The van der Waals surface area contributed by atoms with Gasteiger partial charge in [-0.1, -0.05) is 24.0 Å². The van der Waals surface area contributed by atoms with Crippen LogP contribution in [-0.2, 0) is 11.2 Å². The maximum absolute atomic E-state index is 11.9. The second-order valence-electron chi connectivity index (χ2n) is 6.11. The monoisotopic (exact) mass is 378 g/mol. The van der Waals surface area contributed by atoms with Gasteiger partial charge in [-0.25, -0.2) is 4.79 Å². The van der Waals surface area contributed by atoms with Crippen molar-refractivity contribution in [2.24, 2.45) is 0 Å². The fourth-order valence-electron chi connectivity index (χ4n) is 2.72. The van der Waals surface area contributed by atoms with Gasteiger partial charge in [0.2, 0.25) is 5.91 Å². The minimum absolute atomic E-state index is 0.00796. The van der Waals surface area contributed by atoms with Crippen LogP contribution in [0.2, 0.25) is 0 Å². The van der Waals surface area contributed by atoms with E-state index in [1.165, 1.54) is 12.1 Å². The summed E-state index contributed by atoms with van der Waals surface area (Å²) in [5.74, 6) is 5.62. The molecule has 0 aliphatic carbocycles. The fourth-order valence-corrected chi connectivity index (χ4v) is 2.72. The van der Waals surface area contributed by atoms with Crippen molar-refractivity contribution in [1.29, 1.82) is 0 Å². The van der Waals surface area contributed by atoms with Crippen molar-refractivity contribution in [2.75, 3.05) is 24.5 Å². The molecule has 2 aromatic carbocycles. The van der Waals surface area contributed by atoms with Gasteiger partial charge in [0.25, 0.3) is 5.69 Å². The average Bonchev–Trinajstić information content (AvgIpc) is 3.12. The molecule has 8 nitrogen and oxygen atoms in total. The molecular formula is C20H18N4O4. The summed E-state index contributed by atoms with van der Waals surface area (Å²) in [4.78, 5) is 35.3. The molecule has 0 atom stereocenters. The first kappa shape index (κ1) is 18.9. The molecule has 3 rings (SSSR count). The van der Waals surface area contributed by atoms with Gasteiger partial charge < -0.3 is 10.6 Å². The van der Waals surface area contributed by atoms with E-state index in [2.05, 4.69) is 22.5 Å². The van der Waals surface area contributed by atoms with Crippen molar-refractivity contribution in [2.45, 2.75) is 6.42 Å². The number of carbonyl (C=O) groups is 2. The number of hydrogen-bond donors (Lipinski definition) is 2. The second-order valence-corrected chi connectivity index (χ2v) is 6.11. The van der Waals surface area contributed by atoms with Gasteiger partial charge in [0.05, 0.1) is 17.9 Å². The van der Waals surface area contributed by atoms with Crippen molar-refractivity contribution in [1.82, 2.24) is 10.6 Å². The van der Waals surface area contributed by atoms with E-state index < -0.39 is 4.92 Å². The minimum Gasteiger partial charge on any atom is -0.345 e. The van der Waals surface area contributed by atoms with Crippen LogP contribution < -0.4 is 15.5 Å². The third-order valence-electron chi connectivity index (χ3n) is 4.15. The van der Waals surface area contributed by atoms with E-state index in [1.807, 2.05) is 24.3 Å². The van der Waals surface area contributed by atoms with Crippen LogP contribution in [-0.4, -0.2) is 36.5 Å². The third kappa shape index (κ3) is 4.86. The third-order valence-corrected chi connectivity index (χ3v) is 4.15. The highest BCUT2D eigenvalue weighted by molar-refractivity contribution is 5.94. The Labute approximate surface area is 161 Å². The SMILES string of the molecule is O=C(Cc1ccc([N+](=O)[O-])cc1)NCC#Cc1ccc(N2CCNC2=O)cc1. The number of benzene rings is 2. The molecule has 1 heterocycles. The topological polar surface area (TPSA) is 105 Å². The average molecular weight is 378 g/mol. The lowest BCUT2D eigenvalue weighted by molar-refractivity contribution is -0.384. The molecule has 2 N–H and O–H groups in total. The molecule has 1 fully saturated rings. The number of rotatable bonds is 5. The van der Waals surface area contributed by atoms with Crippen molar-refractivity contribution < 1.29 is 14.5 Å². The van der Waals surface area contributed by atoms with Crippen LogP contribution in [0.1, 0.15) is 11.1 Å². The van der Waals surface area contributed by atoms with Gasteiger partial charge >= 0.3 is 6.03 Å². The van der Waals surface area contributed by atoms with Crippen LogP contribution in [0.15, 0.2) is 48.5 Å². The van der Waals surface area contributed by atoms with Crippen molar-refractivity contribution >= 4 is 23.3 Å². The summed E-state index contributed by atoms with van der Waals surface area (Å²) in [6.45, 7) is 1.48. The zero-order valence-corrected chi connectivity index (χ0v) is 15.0. The number of amides is 3. The van der Waals surface area contributed by atoms with E-state index in [0.717, 1.165) is 11.3 Å². The number of nitrogens with one attached hydrogen (secondary N) is 2. The first-order valence-electron chi connectivity index (χ1n) is 8.67. The molecule has 0 spiro atoms. The highest BCUT2D eigenvalue weighted by Crippen LogP contribution is 2.16. The number of hydrogen-bond acceptors (Lipinski definition) is 4. The minimum atomic E-state index is -0.480. The lowest BCUT2D eigenvalue weighted by Gasteiger charge is -2.13. The molecule has 0 radical (unpaired) electrons. The van der Waals surface area contributed by atoms with Crippen molar-refractivity contribution in [3.05, 3.63) is 69.8 Å². The number of urea groups is 1. The number of carbonyl (C=O) groups excluding carboxylic acids is 2. The molecule has 0 aromatic heterocycles. The number of nitro groups is 1. The van der Waals surface area contributed by atoms with E-state index in [4.69, 9.17) is 0 Å². The Morgan fingerprint density at radius 2 is 1.89 bits per heavy atom. The first-order valence-corrected chi connectivity index (χ1v) is 8.67. The fraction of sp³-hybridized carbons (Fsp3) is 0.200. The zero-order valence-electron chi connectivity index (χ0n) is 15.0. The van der Waals surface area contributed by atoms with E-state index in [9.17, 15) is 19.7 Å². The maximum Gasteiger partial charge on any atom is 0.321 e. The Morgan fingerprint density at radius 1 is 1.18 bits per heavy atom. The molecule has 1 aliphatic rings. The van der Waals surface area contributed by atoms with Crippen LogP contribution in [0.4, 0.5) is 16.2 Å². The predicted molar refractivity (Wildman–Crippen MR) is 104 cm³/mol. The zero-order chi connectivity index (χ0) is 19.9. The van der Waals surface area contributed by atoms with Crippen LogP contribution in [0.3, 0.4) is 0 Å². The Morgan fingerprint density at radius 3 is 2.50 bits per heavy atom. The smallest absolute Gasteiger partial charge is 0.321 e. The van der Waals surface area contributed by atoms with E-state index >= 15 is 0 Å². The molecule has 0 unspecified atom stereocenters. The lowest BCUT2D eigenvalue weighted by atomic mass is 10.1. The molecule has 0 bridgehead atoms. The molecule has 2 aromatic rings. The quantitative estimate of drug-likeness (QED) is 0.470. The van der Waals surface area contributed by atoms with Crippen molar-refractivity contribution in [3.63, 3.8) is 0 Å². The van der Waals surface area contributed by atoms with Gasteiger partial charge in [-0.05, 0) is 29.8 Å². The second kappa shape index (κ2) is 8.68. The van der Waals surface area contributed by atoms with E-state index in [0.29, 0.717) is 18.7 Å². The summed E-state index contributed by atoms with van der Waals surface area (Å²) in [6, 6.07) is 13.1. The first-order chi connectivity index (χ1) is 13.5. The van der Waals surface area contributed by atoms with Crippen LogP contribution in [0.5, 0.6) is 0 Å². The molecule has 1 aliphatic heterocycles. The number of non-ortho nitro benzene ring substituents is 1. The van der Waals surface area contributed by atoms with Crippen LogP contribution in [0.25, 0.3) is 0 Å². The molecule has 28 heavy (non-hydrogen) atoms. The summed E-state index contributed by atoms with van der Waals surface area (Å²) in [5, 5.41) is 16.1. The van der Waals surface area contributed by atoms with Gasteiger partial charge in [-0.3, -0.25) is 19.8 Å². The van der Waals surface area contributed by atoms with Crippen molar-refractivity contribution in [3.8, 4) is 11.8 Å². The summed E-state index contributed by atoms with van der Waals surface area (Å²) in [6.07, 6.45) is 0.131. The summed E-state index contributed by atoms with van der Waals surface area (Å²) in [7, 11) is 0. The van der Waals surface area contributed by atoms with Gasteiger partial charge in [0.1, 0.15) is 0 Å². The van der Waals surface area contributed by atoms with Gasteiger partial charge in [-0.15, -0.1) is 0 Å². The molecule has 3 amide bonds. The Hall–Kier alpha value is -3.86. The molecule has 8 heteroatoms. The maximum atomic E-state index is 11.9. The standard InChI is InChI=1S/C20H18N4O4/c25-19(14-16-5-9-18(10-6-16)24(27)28)21-11-1-2-15-3-7-17(8-4-15)23-13-12-22-20(23)26/h3-10H,11-14H2,(H,21,25)(H,22,26). The summed E-state index contributed by atoms with van der Waals surface area (Å²) < 4.78 is 0. The molecule has 142 valence electrons. The highest BCUT2D eigenvalue weighted by Gasteiger charge is 2.20. The Kier molecular flexibility index (Phi) is 5.87. The number of nitro benzene ring substituents is 1. The predicted octanol–water partition coefficient (Wildman–Crippen LogP) is 1.83. The van der Waals surface area contributed by atoms with Gasteiger partial charge in [0, 0.05) is 36.5 Å². The summed E-state index contributed by atoms with van der Waals surface area (Å²) >= 11 is 0. The van der Waals surface area contributed by atoms with Crippen LogP contribution >= 0.6 is 0 Å². The Bertz CT molecular complexity index is 943. The summed E-state index contributed by atoms with van der Waals surface area (Å²) in [5.41, 5.74) is 2.29. The normalized spacial score (nSPS) is 12.7. The molecule has 0 saturated carbocycles. The van der Waals surface area contributed by atoms with Gasteiger partial charge in [-0.2, -0.15) is 0 Å². The highest BCUT2D eigenvalue weighted by atomic mass is 16.6. The van der Waals surface area contributed by atoms with E-state index in [-0.39, 0.29) is 30.6 Å². The van der Waals surface area contributed by atoms with Crippen LogP contribution in [0, 0.1) is 22.0 Å². The largest absolute Gasteiger partial charge is 0.345 e. The Balaban J connectivity index is 1.47. The van der Waals surface area contributed by atoms with Gasteiger partial charge in [0.15, 0.2) is 0 Å². The molecule has 1 saturated heterocycles. The van der Waals surface area contributed by atoms with E-state index in [1.54, 1.807) is 17.0 Å².